The van der Waals surface area contributed by atoms with Crippen LogP contribution in [0.15, 0.2) is 57.9 Å². The van der Waals surface area contributed by atoms with E-state index >= 15 is 0 Å². The largest absolute Gasteiger partial charge is 0.350 e. The summed E-state index contributed by atoms with van der Waals surface area (Å²) in [5.41, 5.74) is 1.81. The van der Waals surface area contributed by atoms with Crippen LogP contribution < -0.4 is 10.6 Å². The minimum absolute atomic E-state index is 0.0796. The summed E-state index contributed by atoms with van der Waals surface area (Å²) in [5.74, 6) is -0.904. The van der Waals surface area contributed by atoms with Crippen LogP contribution in [-0.4, -0.2) is 41.0 Å². The molecular weight excluding hydrogens is 470 g/mol. The zero-order valence-electron chi connectivity index (χ0n) is 16.0. The van der Waals surface area contributed by atoms with Crippen molar-refractivity contribution in [3.05, 3.63) is 69.0 Å². The first-order valence-electron chi connectivity index (χ1n) is 9.00. The first-order chi connectivity index (χ1) is 14.3. The van der Waals surface area contributed by atoms with Crippen LogP contribution in [0.3, 0.4) is 0 Å². The summed E-state index contributed by atoms with van der Waals surface area (Å²) in [6.07, 6.45) is 1.67. The minimum Gasteiger partial charge on any atom is -0.350 e. The molecule has 7 nitrogen and oxygen atoms in total. The van der Waals surface area contributed by atoms with Gasteiger partial charge in [0.05, 0.1) is 4.91 Å². The number of hydrogen-bond acceptors (Lipinski definition) is 5. The number of halogens is 1. The number of nitrogens with one attached hydrogen (secondary N) is 2. The van der Waals surface area contributed by atoms with Crippen LogP contribution in [0, 0.1) is 0 Å². The van der Waals surface area contributed by atoms with E-state index in [2.05, 4.69) is 26.6 Å². The van der Waals surface area contributed by atoms with Crippen molar-refractivity contribution in [1.82, 2.24) is 10.2 Å². The number of rotatable bonds is 6. The lowest BCUT2D eigenvalue weighted by molar-refractivity contribution is -0.122. The van der Waals surface area contributed by atoms with Gasteiger partial charge in [0.25, 0.3) is 17.1 Å². The lowest BCUT2D eigenvalue weighted by atomic mass is 10.2. The summed E-state index contributed by atoms with van der Waals surface area (Å²) in [5, 5.41) is 4.95. The van der Waals surface area contributed by atoms with Crippen molar-refractivity contribution in [3.8, 4) is 0 Å². The van der Waals surface area contributed by atoms with E-state index in [1.165, 1.54) is 6.92 Å². The van der Waals surface area contributed by atoms with Gasteiger partial charge in [0, 0.05) is 35.7 Å². The predicted molar refractivity (Wildman–Crippen MR) is 120 cm³/mol. The average molecular weight is 488 g/mol. The molecule has 0 bridgehead atoms. The average Bonchev–Trinajstić information content (AvgIpc) is 2.95. The Morgan fingerprint density at radius 1 is 1.13 bits per heavy atom. The lowest BCUT2D eigenvalue weighted by Crippen LogP contribution is -2.37. The number of amides is 4. The van der Waals surface area contributed by atoms with E-state index in [1.54, 1.807) is 30.3 Å². The quantitative estimate of drug-likeness (QED) is 0.602. The Morgan fingerprint density at radius 2 is 1.87 bits per heavy atom. The Balaban J connectivity index is 1.55. The van der Waals surface area contributed by atoms with E-state index in [0.29, 0.717) is 16.2 Å². The molecule has 1 aliphatic rings. The molecule has 1 heterocycles. The van der Waals surface area contributed by atoms with Gasteiger partial charge in [-0.05, 0) is 59.8 Å². The highest BCUT2D eigenvalue weighted by molar-refractivity contribution is 9.10. The van der Waals surface area contributed by atoms with Crippen molar-refractivity contribution in [2.45, 2.75) is 6.92 Å². The Labute approximate surface area is 186 Å². The van der Waals surface area contributed by atoms with Gasteiger partial charge in [0.1, 0.15) is 0 Å². The number of anilines is 1. The Hall–Kier alpha value is -2.91. The highest BCUT2D eigenvalue weighted by Crippen LogP contribution is 2.32. The minimum atomic E-state index is -0.376. The third-order valence-electron chi connectivity index (χ3n) is 4.11. The molecule has 0 atom stereocenters. The summed E-state index contributed by atoms with van der Waals surface area (Å²) in [6.45, 7) is 1.62. The fourth-order valence-corrected chi connectivity index (χ4v) is 4.01. The molecule has 0 aliphatic carbocycles. The Morgan fingerprint density at radius 3 is 2.53 bits per heavy atom. The van der Waals surface area contributed by atoms with E-state index in [4.69, 9.17) is 0 Å². The molecule has 2 aromatic rings. The Bertz CT molecular complexity index is 1040. The summed E-state index contributed by atoms with van der Waals surface area (Å²) in [7, 11) is 0. The molecule has 1 fully saturated rings. The van der Waals surface area contributed by atoms with Crippen LogP contribution in [0.5, 0.6) is 0 Å². The normalized spacial score (nSPS) is 14.9. The van der Waals surface area contributed by atoms with Gasteiger partial charge in [-0.3, -0.25) is 24.1 Å². The van der Waals surface area contributed by atoms with Gasteiger partial charge < -0.3 is 10.6 Å². The van der Waals surface area contributed by atoms with Crippen LogP contribution in [0.25, 0.3) is 6.08 Å². The molecule has 154 valence electrons. The summed E-state index contributed by atoms with van der Waals surface area (Å²) < 4.78 is 0.878. The number of thioether (sulfide) groups is 1. The van der Waals surface area contributed by atoms with Gasteiger partial charge in [-0.25, -0.2) is 0 Å². The maximum absolute atomic E-state index is 12.5. The van der Waals surface area contributed by atoms with Gasteiger partial charge in [-0.2, -0.15) is 0 Å². The molecule has 0 saturated carbocycles. The van der Waals surface area contributed by atoms with Crippen LogP contribution in [-0.2, 0) is 9.59 Å². The maximum atomic E-state index is 12.5. The molecule has 1 aliphatic heterocycles. The van der Waals surface area contributed by atoms with E-state index in [-0.39, 0.29) is 36.1 Å². The smallest absolute Gasteiger partial charge is 0.293 e. The van der Waals surface area contributed by atoms with Crippen LogP contribution in [0.4, 0.5) is 10.5 Å². The summed E-state index contributed by atoms with van der Waals surface area (Å²) in [4.78, 5) is 49.5. The molecule has 30 heavy (non-hydrogen) atoms. The number of nitrogens with zero attached hydrogens (tertiary/aromatic N) is 1. The molecule has 0 unspecified atom stereocenters. The fourth-order valence-electron chi connectivity index (χ4n) is 2.73. The maximum Gasteiger partial charge on any atom is 0.293 e. The second-order valence-corrected chi connectivity index (χ2v) is 8.31. The lowest BCUT2D eigenvalue weighted by Gasteiger charge is -2.13. The van der Waals surface area contributed by atoms with E-state index < -0.39 is 0 Å². The summed E-state index contributed by atoms with van der Waals surface area (Å²) >= 11 is 4.25. The zero-order valence-corrected chi connectivity index (χ0v) is 18.4. The molecule has 9 heteroatoms. The van der Waals surface area contributed by atoms with Gasteiger partial charge in [-0.15, -0.1) is 0 Å². The van der Waals surface area contributed by atoms with Crippen molar-refractivity contribution in [2.75, 3.05) is 18.4 Å². The number of benzene rings is 2. The van der Waals surface area contributed by atoms with E-state index in [0.717, 1.165) is 26.7 Å². The number of hydrogen-bond donors (Lipinski definition) is 2. The van der Waals surface area contributed by atoms with Crippen molar-refractivity contribution < 1.29 is 19.2 Å². The molecule has 0 aromatic heterocycles. The molecule has 2 N–H and O–H groups in total. The summed E-state index contributed by atoms with van der Waals surface area (Å²) in [6, 6.07) is 13.8. The first kappa shape index (κ1) is 21.8. The van der Waals surface area contributed by atoms with E-state index in [1.807, 2.05) is 24.3 Å². The number of carbonyl (C=O) groups excluding carboxylic acids is 4. The highest BCUT2D eigenvalue weighted by atomic mass is 79.9. The van der Waals surface area contributed by atoms with Gasteiger partial charge in [0.15, 0.2) is 0 Å². The molecule has 3 rings (SSSR count). The molecule has 0 radical (unpaired) electrons. The van der Waals surface area contributed by atoms with Gasteiger partial charge >= 0.3 is 0 Å². The molecule has 0 spiro atoms. The third-order valence-corrected chi connectivity index (χ3v) is 5.51. The monoisotopic (exact) mass is 487 g/mol. The van der Waals surface area contributed by atoms with Crippen LogP contribution in [0.1, 0.15) is 22.8 Å². The van der Waals surface area contributed by atoms with Crippen LogP contribution in [0.2, 0.25) is 0 Å². The second kappa shape index (κ2) is 9.73. The van der Waals surface area contributed by atoms with Crippen molar-refractivity contribution in [1.29, 1.82) is 0 Å². The standard InChI is InChI=1S/C21H18BrN3O4S/c1-13(26)24-17-7-5-15(6-8-17)19(27)23-9-10-25-20(28)18(30-21(25)29)12-14-3-2-4-16(22)11-14/h2-8,11-12H,9-10H2,1H3,(H,23,27)(H,24,26). The Kier molecular flexibility index (Phi) is 7.07. The predicted octanol–water partition coefficient (Wildman–Crippen LogP) is 3.87. The van der Waals surface area contributed by atoms with Crippen molar-refractivity contribution >= 4 is 62.4 Å². The molecule has 2 aromatic carbocycles. The molecule has 1 saturated heterocycles. The van der Waals surface area contributed by atoms with Gasteiger partial charge in [0.2, 0.25) is 5.91 Å². The first-order valence-corrected chi connectivity index (χ1v) is 10.6. The van der Waals surface area contributed by atoms with Crippen LogP contribution >= 0.6 is 27.7 Å². The number of carbonyl (C=O) groups is 4. The highest BCUT2D eigenvalue weighted by Gasteiger charge is 2.34. The zero-order chi connectivity index (χ0) is 21.7. The SMILES string of the molecule is CC(=O)Nc1ccc(C(=O)NCCN2C(=O)SC(=Cc3cccc(Br)c3)C2=O)cc1. The molecule has 4 amide bonds. The second-order valence-electron chi connectivity index (χ2n) is 6.40. The third kappa shape index (κ3) is 5.58. The fraction of sp³-hybridized carbons (Fsp3) is 0.143. The van der Waals surface area contributed by atoms with Crippen molar-refractivity contribution in [2.24, 2.45) is 0 Å². The number of imide groups is 1. The van der Waals surface area contributed by atoms with E-state index in [9.17, 15) is 19.2 Å². The van der Waals surface area contributed by atoms with Crippen molar-refractivity contribution in [3.63, 3.8) is 0 Å². The molecular formula is C21H18BrN3O4S. The topological polar surface area (TPSA) is 95.6 Å². The van der Waals surface area contributed by atoms with Gasteiger partial charge in [-0.1, -0.05) is 28.1 Å².